The summed E-state index contributed by atoms with van der Waals surface area (Å²) in [6.07, 6.45) is -2.51. The van der Waals surface area contributed by atoms with Crippen LogP contribution in [0.25, 0.3) is 0 Å². The SMILES string of the molecule is CN(C)[C@H]1CCCN(c2ccc(C#N)c(C(F)(F)F)c2)C1. The minimum absolute atomic E-state index is 0.326. The summed E-state index contributed by atoms with van der Waals surface area (Å²) in [5.41, 5.74) is -0.644. The first kappa shape index (κ1) is 15.6. The van der Waals surface area contributed by atoms with E-state index >= 15 is 0 Å². The van der Waals surface area contributed by atoms with Gasteiger partial charge in [0.1, 0.15) is 0 Å². The summed E-state index contributed by atoms with van der Waals surface area (Å²) >= 11 is 0. The van der Waals surface area contributed by atoms with Crippen LogP contribution in [0.4, 0.5) is 18.9 Å². The molecule has 1 heterocycles. The van der Waals surface area contributed by atoms with Crippen LogP contribution >= 0.6 is 0 Å². The number of anilines is 1. The second kappa shape index (κ2) is 5.94. The number of alkyl halides is 3. The number of hydrogen-bond donors (Lipinski definition) is 0. The van der Waals surface area contributed by atoms with Gasteiger partial charge in [-0.15, -0.1) is 0 Å². The van der Waals surface area contributed by atoms with Gasteiger partial charge in [-0.3, -0.25) is 0 Å². The largest absolute Gasteiger partial charge is 0.417 e. The number of nitriles is 1. The first-order chi connectivity index (χ1) is 9.82. The van der Waals surface area contributed by atoms with Crippen LogP contribution in [-0.4, -0.2) is 38.1 Å². The summed E-state index contributed by atoms with van der Waals surface area (Å²) in [6, 6.07) is 5.91. The van der Waals surface area contributed by atoms with Gasteiger partial charge < -0.3 is 9.80 Å². The molecule has 114 valence electrons. The van der Waals surface area contributed by atoms with Gasteiger partial charge in [0.2, 0.25) is 0 Å². The van der Waals surface area contributed by atoms with Crippen molar-refractivity contribution in [1.82, 2.24) is 4.90 Å². The lowest BCUT2D eigenvalue weighted by atomic mass is 10.0. The smallest absolute Gasteiger partial charge is 0.370 e. The van der Waals surface area contributed by atoms with Crippen molar-refractivity contribution >= 4 is 5.69 Å². The third-order valence-corrected chi connectivity index (χ3v) is 3.92. The zero-order valence-electron chi connectivity index (χ0n) is 12.1. The quantitative estimate of drug-likeness (QED) is 0.840. The van der Waals surface area contributed by atoms with Gasteiger partial charge in [-0.25, -0.2) is 0 Å². The molecule has 6 heteroatoms. The zero-order chi connectivity index (χ0) is 15.6. The average Bonchev–Trinajstić information content (AvgIpc) is 2.45. The fourth-order valence-electron chi connectivity index (χ4n) is 2.67. The van der Waals surface area contributed by atoms with E-state index in [0.717, 1.165) is 25.5 Å². The Hall–Kier alpha value is -1.74. The lowest BCUT2D eigenvalue weighted by Crippen LogP contribution is -2.45. The van der Waals surface area contributed by atoms with Gasteiger partial charge in [0.15, 0.2) is 0 Å². The topological polar surface area (TPSA) is 30.3 Å². The molecule has 0 aliphatic carbocycles. The molecule has 1 fully saturated rings. The van der Waals surface area contributed by atoms with Crippen molar-refractivity contribution in [1.29, 1.82) is 5.26 Å². The van der Waals surface area contributed by atoms with Gasteiger partial charge in [-0.1, -0.05) is 0 Å². The second-order valence-corrected chi connectivity index (χ2v) is 5.55. The van der Waals surface area contributed by atoms with Gasteiger partial charge in [-0.2, -0.15) is 18.4 Å². The molecule has 0 saturated carbocycles. The van der Waals surface area contributed by atoms with E-state index < -0.39 is 11.7 Å². The normalized spacial score (nSPS) is 19.7. The second-order valence-electron chi connectivity index (χ2n) is 5.55. The van der Waals surface area contributed by atoms with Gasteiger partial charge in [0.25, 0.3) is 0 Å². The molecule has 0 unspecified atom stereocenters. The first-order valence-corrected chi connectivity index (χ1v) is 6.85. The van der Waals surface area contributed by atoms with Crippen molar-refractivity contribution in [3.05, 3.63) is 29.3 Å². The molecule has 1 saturated heterocycles. The molecule has 0 aromatic heterocycles. The monoisotopic (exact) mass is 297 g/mol. The van der Waals surface area contributed by atoms with Gasteiger partial charge >= 0.3 is 6.18 Å². The number of rotatable bonds is 2. The Bertz CT molecular complexity index is 546. The molecule has 1 aliphatic rings. The van der Waals surface area contributed by atoms with E-state index in [0.29, 0.717) is 18.3 Å². The molecule has 0 amide bonds. The molecule has 0 bridgehead atoms. The minimum Gasteiger partial charge on any atom is -0.370 e. The number of hydrogen-bond acceptors (Lipinski definition) is 3. The van der Waals surface area contributed by atoms with Crippen molar-refractivity contribution in [2.24, 2.45) is 0 Å². The number of benzene rings is 1. The average molecular weight is 297 g/mol. The summed E-state index contributed by atoms with van der Waals surface area (Å²) in [4.78, 5) is 4.06. The van der Waals surface area contributed by atoms with E-state index in [9.17, 15) is 13.2 Å². The van der Waals surface area contributed by atoms with Crippen LogP contribution in [0.2, 0.25) is 0 Å². The Balaban J connectivity index is 2.31. The van der Waals surface area contributed by atoms with Crippen molar-refractivity contribution in [3.8, 4) is 6.07 Å². The minimum atomic E-state index is -4.50. The van der Waals surface area contributed by atoms with E-state index in [1.165, 1.54) is 6.07 Å². The maximum absolute atomic E-state index is 13.0. The fraction of sp³-hybridized carbons (Fsp3) is 0.533. The number of halogens is 3. The van der Waals surface area contributed by atoms with Crippen molar-refractivity contribution < 1.29 is 13.2 Å². The standard InChI is InChI=1S/C15H18F3N3/c1-20(2)13-4-3-7-21(10-13)12-6-5-11(9-19)14(8-12)15(16,17)18/h5-6,8,13H,3-4,7,10H2,1-2H3/t13-/m0/s1. The van der Waals surface area contributed by atoms with E-state index in [1.54, 1.807) is 12.1 Å². The van der Waals surface area contributed by atoms with E-state index in [-0.39, 0.29) is 5.56 Å². The van der Waals surface area contributed by atoms with E-state index in [4.69, 9.17) is 5.26 Å². The first-order valence-electron chi connectivity index (χ1n) is 6.85. The molecule has 3 nitrogen and oxygen atoms in total. The Morgan fingerprint density at radius 2 is 2.05 bits per heavy atom. The molecular formula is C15H18F3N3. The van der Waals surface area contributed by atoms with Crippen LogP contribution in [0.5, 0.6) is 0 Å². The third kappa shape index (κ3) is 3.48. The Kier molecular flexibility index (Phi) is 4.43. The van der Waals surface area contributed by atoms with Gasteiger partial charge in [0, 0.05) is 24.8 Å². The van der Waals surface area contributed by atoms with Crippen LogP contribution in [0.1, 0.15) is 24.0 Å². The van der Waals surface area contributed by atoms with Gasteiger partial charge in [0.05, 0.1) is 17.2 Å². The lowest BCUT2D eigenvalue weighted by Gasteiger charge is -2.37. The van der Waals surface area contributed by atoms with Crippen molar-refractivity contribution in [3.63, 3.8) is 0 Å². The molecule has 1 atom stereocenters. The summed E-state index contributed by atoms with van der Waals surface area (Å²) in [5.74, 6) is 0. The highest BCUT2D eigenvalue weighted by molar-refractivity contribution is 5.55. The van der Waals surface area contributed by atoms with Crippen LogP contribution < -0.4 is 4.90 Å². The van der Waals surface area contributed by atoms with E-state index in [2.05, 4.69) is 4.90 Å². The van der Waals surface area contributed by atoms with Gasteiger partial charge in [-0.05, 0) is 45.1 Å². The number of likely N-dealkylation sites (N-methyl/N-ethyl adjacent to an activating group) is 1. The Morgan fingerprint density at radius 1 is 1.33 bits per heavy atom. The molecule has 1 aromatic rings. The molecule has 2 rings (SSSR count). The summed E-state index contributed by atoms with van der Waals surface area (Å²) < 4.78 is 39.0. The number of piperidine rings is 1. The molecule has 1 aliphatic heterocycles. The maximum Gasteiger partial charge on any atom is 0.417 e. The predicted octanol–water partition coefficient (Wildman–Crippen LogP) is 3.11. The zero-order valence-corrected chi connectivity index (χ0v) is 12.1. The highest BCUT2D eigenvalue weighted by Crippen LogP contribution is 2.35. The highest BCUT2D eigenvalue weighted by Gasteiger charge is 2.34. The van der Waals surface area contributed by atoms with Crippen molar-refractivity contribution in [2.75, 3.05) is 32.1 Å². The predicted molar refractivity (Wildman–Crippen MR) is 75.1 cm³/mol. The lowest BCUT2D eigenvalue weighted by molar-refractivity contribution is -0.137. The molecule has 1 aromatic carbocycles. The summed E-state index contributed by atoms with van der Waals surface area (Å²) in [7, 11) is 3.96. The fourth-order valence-corrected chi connectivity index (χ4v) is 2.67. The Morgan fingerprint density at radius 3 is 2.62 bits per heavy atom. The maximum atomic E-state index is 13.0. The Labute approximate surface area is 122 Å². The van der Waals surface area contributed by atoms with Crippen LogP contribution in [0, 0.1) is 11.3 Å². The van der Waals surface area contributed by atoms with Crippen LogP contribution in [0.15, 0.2) is 18.2 Å². The summed E-state index contributed by atoms with van der Waals surface area (Å²) in [5, 5.41) is 8.83. The molecular weight excluding hydrogens is 279 g/mol. The van der Waals surface area contributed by atoms with E-state index in [1.807, 2.05) is 19.0 Å². The highest BCUT2D eigenvalue weighted by atomic mass is 19.4. The number of nitrogens with zero attached hydrogens (tertiary/aromatic N) is 3. The molecule has 21 heavy (non-hydrogen) atoms. The third-order valence-electron chi connectivity index (χ3n) is 3.92. The summed E-state index contributed by atoms with van der Waals surface area (Å²) in [6.45, 7) is 1.45. The van der Waals surface area contributed by atoms with Crippen LogP contribution in [0.3, 0.4) is 0 Å². The molecule has 0 spiro atoms. The van der Waals surface area contributed by atoms with Crippen LogP contribution in [-0.2, 0) is 6.18 Å². The molecule has 0 radical (unpaired) electrons. The van der Waals surface area contributed by atoms with Crippen molar-refractivity contribution in [2.45, 2.75) is 25.1 Å². The molecule has 0 N–H and O–H groups in total.